The highest BCUT2D eigenvalue weighted by Gasteiger charge is 2.21. The molecule has 1 aromatic heterocycles. The zero-order valence-corrected chi connectivity index (χ0v) is 15.6. The summed E-state index contributed by atoms with van der Waals surface area (Å²) in [6.07, 6.45) is 0. The minimum absolute atomic E-state index is 0.0970. The monoisotopic (exact) mass is 387 g/mol. The SMILES string of the molecule is Cc1c(Cl)c(C(=O)Nc2ccc(Cl)cc2C(=O)c2ccccc2)nn1C. The Morgan fingerprint density at radius 3 is 2.38 bits per heavy atom. The molecule has 0 saturated carbocycles. The minimum atomic E-state index is -0.497. The van der Waals surface area contributed by atoms with Gasteiger partial charge >= 0.3 is 0 Å². The topological polar surface area (TPSA) is 64.0 Å². The summed E-state index contributed by atoms with van der Waals surface area (Å²) < 4.78 is 1.52. The van der Waals surface area contributed by atoms with E-state index in [9.17, 15) is 9.59 Å². The Hall–Kier alpha value is -2.63. The largest absolute Gasteiger partial charge is 0.320 e. The molecule has 1 amide bonds. The minimum Gasteiger partial charge on any atom is -0.320 e. The highest BCUT2D eigenvalue weighted by atomic mass is 35.5. The van der Waals surface area contributed by atoms with Crippen LogP contribution in [0, 0.1) is 6.92 Å². The van der Waals surface area contributed by atoms with Gasteiger partial charge in [0.2, 0.25) is 0 Å². The molecular formula is C19H15Cl2N3O2. The zero-order valence-electron chi connectivity index (χ0n) is 14.1. The predicted octanol–water partition coefficient (Wildman–Crippen LogP) is 4.52. The lowest BCUT2D eigenvalue weighted by Gasteiger charge is -2.10. The Morgan fingerprint density at radius 1 is 1.08 bits per heavy atom. The fraction of sp³-hybridized carbons (Fsp3) is 0.105. The van der Waals surface area contributed by atoms with Gasteiger partial charge < -0.3 is 5.32 Å². The van der Waals surface area contributed by atoms with Crippen LogP contribution in [0.3, 0.4) is 0 Å². The van der Waals surface area contributed by atoms with Crippen molar-refractivity contribution in [2.45, 2.75) is 6.92 Å². The highest BCUT2D eigenvalue weighted by Crippen LogP contribution is 2.26. The van der Waals surface area contributed by atoms with E-state index in [1.165, 1.54) is 10.7 Å². The number of ketones is 1. The lowest BCUT2D eigenvalue weighted by atomic mass is 10.0. The van der Waals surface area contributed by atoms with Gasteiger partial charge in [-0.15, -0.1) is 0 Å². The molecule has 0 fully saturated rings. The van der Waals surface area contributed by atoms with Crippen LogP contribution >= 0.6 is 23.2 Å². The number of nitrogens with zero attached hydrogens (tertiary/aromatic N) is 2. The van der Waals surface area contributed by atoms with Gasteiger partial charge in [0.15, 0.2) is 11.5 Å². The normalized spacial score (nSPS) is 10.6. The molecule has 0 atom stereocenters. The summed E-state index contributed by atoms with van der Waals surface area (Å²) in [7, 11) is 1.70. The van der Waals surface area contributed by atoms with Gasteiger partial charge in [0.1, 0.15) is 0 Å². The molecule has 3 rings (SSSR count). The second kappa shape index (κ2) is 7.32. The van der Waals surface area contributed by atoms with Crippen molar-refractivity contribution in [1.29, 1.82) is 0 Å². The summed E-state index contributed by atoms with van der Waals surface area (Å²) in [6.45, 7) is 1.76. The van der Waals surface area contributed by atoms with E-state index in [-0.39, 0.29) is 16.5 Å². The van der Waals surface area contributed by atoms with Crippen molar-refractivity contribution in [3.8, 4) is 0 Å². The number of anilines is 1. The first-order valence-corrected chi connectivity index (χ1v) is 8.54. The number of carbonyl (C=O) groups excluding carboxylic acids is 2. The molecule has 26 heavy (non-hydrogen) atoms. The van der Waals surface area contributed by atoms with E-state index in [1.54, 1.807) is 50.4 Å². The van der Waals surface area contributed by atoms with Crippen LogP contribution in [0.15, 0.2) is 48.5 Å². The maximum absolute atomic E-state index is 12.8. The second-order valence-electron chi connectivity index (χ2n) is 5.71. The number of rotatable bonds is 4. The molecule has 1 heterocycles. The van der Waals surface area contributed by atoms with Gasteiger partial charge in [-0.3, -0.25) is 14.3 Å². The number of hydrogen-bond donors (Lipinski definition) is 1. The molecule has 132 valence electrons. The number of amides is 1. The molecule has 0 saturated heterocycles. The fourth-order valence-corrected chi connectivity index (χ4v) is 2.89. The van der Waals surface area contributed by atoms with Crippen LogP contribution in [-0.2, 0) is 7.05 Å². The number of benzene rings is 2. The number of halogens is 2. The van der Waals surface area contributed by atoms with Crippen LogP contribution in [-0.4, -0.2) is 21.5 Å². The van der Waals surface area contributed by atoms with Crippen LogP contribution in [0.25, 0.3) is 0 Å². The van der Waals surface area contributed by atoms with Crippen molar-refractivity contribution in [2.24, 2.45) is 7.05 Å². The predicted molar refractivity (Wildman–Crippen MR) is 102 cm³/mol. The van der Waals surface area contributed by atoms with E-state index in [1.807, 2.05) is 6.07 Å². The van der Waals surface area contributed by atoms with Gasteiger partial charge in [0, 0.05) is 23.2 Å². The number of aryl methyl sites for hydroxylation is 1. The molecular weight excluding hydrogens is 373 g/mol. The van der Waals surface area contributed by atoms with Gasteiger partial charge in [-0.1, -0.05) is 53.5 Å². The Kier molecular flexibility index (Phi) is 5.11. The van der Waals surface area contributed by atoms with Crippen molar-refractivity contribution >= 4 is 40.6 Å². The number of carbonyl (C=O) groups is 2. The first-order valence-electron chi connectivity index (χ1n) is 7.78. The van der Waals surface area contributed by atoms with Gasteiger partial charge in [-0.25, -0.2) is 0 Å². The maximum Gasteiger partial charge on any atom is 0.277 e. The molecule has 2 aromatic carbocycles. The zero-order chi connectivity index (χ0) is 18.8. The van der Waals surface area contributed by atoms with Crippen molar-refractivity contribution in [1.82, 2.24) is 9.78 Å². The average Bonchev–Trinajstić information content (AvgIpc) is 2.90. The first-order chi connectivity index (χ1) is 12.4. The lowest BCUT2D eigenvalue weighted by molar-refractivity contribution is 0.102. The van der Waals surface area contributed by atoms with E-state index in [0.717, 1.165) is 0 Å². The fourth-order valence-electron chi connectivity index (χ4n) is 2.47. The standard InChI is InChI=1S/C19H15Cl2N3O2/c1-11-16(21)17(23-24(11)2)19(26)22-15-9-8-13(20)10-14(15)18(25)12-6-4-3-5-7-12/h3-10H,1-2H3,(H,22,26). The molecule has 0 aliphatic carbocycles. The number of nitrogens with one attached hydrogen (secondary N) is 1. The van der Waals surface area contributed by atoms with Crippen LogP contribution in [0.5, 0.6) is 0 Å². The van der Waals surface area contributed by atoms with Crippen LogP contribution in [0.1, 0.15) is 32.1 Å². The Labute approximate surface area is 160 Å². The smallest absolute Gasteiger partial charge is 0.277 e. The van der Waals surface area contributed by atoms with Crippen molar-refractivity contribution in [3.05, 3.63) is 81.1 Å². The van der Waals surface area contributed by atoms with E-state index >= 15 is 0 Å². The van der Waals surface area contributed by atoms with Crippen molar-refractivity contribution in [2.75, 3.05) is 5.32 Å². The van der Waals surface area contributed by atoms with Gasteiger partial charge in [-0.2, -0.15) is 5.10 Å². The maximum atomic E-state index is 12.8. The second-order valence-corrected chi connectivity index (χ2v) is 6.53. The summed E-state index contributed by atoms with van der Waals surface area (Å²) >= 11 is 12.2. The van der Waals surface area contributed by atoms with Crippen molar-refractivity contribution in [3.63, 3.8) is 0 Å². The van der Waals surface area contributed by atoms with Gasteiger partial charge in [-0.05, 0) is 25.1 Å². The average molecular weight is 388 g/mol. The molecule has 0 radical (unpaired) electrons. The molecule has 0 spiro atoms. The van der Waals surface area contributed by atoms with Gasteiger partial charge in [0.05, 0.1) is 16.4 Å². The molecule has 1 N–H and O–H groups in total. The first kappa shape index (κ1) is 18.2. The Balaban J connectivity index is 1.97. The quantitative estimate of drug-likeness (QED) is 0.669. The van der Waals surface area contributed by atoms with E-state index in [2.05, 4.69) is 10.4 Å². The van der Waals surface area contributed by atoms with E-state index in [4.69, 9.17) is 23.2 Å². The number of aromatic nitrogens is 2. The molecule has 0 unspecified atom stereocenters. The van der Waals surface area contributed by atoms with Crippen LogP contribution in [0.2, 0.25) is 10.0 Å². The highest BCUT2D eigenvalue weighted by molar-refractivity contribution is 6.35. The van der Waals surface area contributed by atoms with Crippen molar-refractivity contribution < 1.29 is 9.59 Å². The molecule has 0 bridgehead atoms. The molecule has 0 aliphatic heterocycles. The van der Waals surface area contributed by atoms with E-state index < -0.39 is 5.91 Å². The summed E-state index contributed by atoms with van der Waals surface area (Å²) in [4.78, 5) is 25.4. The number of hydrogen-bond acceptors (Lipinski definition) is 3. The molecule has 7 heteroatoms. The summed E-state index contributed by atoms with van der Waals surface area (Å²) in [5.41, 5.74) is 1.90. The molecule has 3 aromatic rings. The lowest BCUT2D eigenvalue weighted by Crippen LogP contribution is -2.16. The summed E-state index contributed by atoms with van der Waals surface area (Å²) in [6, 6.07) is 13.5. The summed E-state index contributed by atoms with van der Waals surface area (Å²) in [5, 5.41) is 7.50. The Bertz CT molecular complexity index is 998. The Morgan fingerprint density at radius 2 is 1.77 bits per heavy atom. The third-order valence-corrected chi connectivity index (χ3v) is 4.67. The van der Waals surface area contributed by atoms with Crippen LogP contribution in [0.4, 0.5) is 5.69 Å². The third-order valence-electron chi connectivity index (χ3n) is 3.99. The molecule has 0 aliphatic rings. The third kappa shape index (κ3) is 3.49. The summed E-state index contributed by atoms with van der Waals surface area (Å²) in [5.74, 6) is -0.741. The van der Waals surface area contributed by atoms with E-state index in [0.29, 0.717) is 27.5 Å². The van der Waals surface area contributed by atoms with Gasteiger partial charge in [0.25, 0.3) is 5.91 Å². The van der Waals surface area contributed by atoms with Crippen LogP contribution < -0.4 is 5.32 Å². The molecule has 5 nitrogen and oxygen atoms in total.